The van der Waals surface area contributed by atoms with Crippen molar-refractivity contribution in [2.45, 2.75) is 39.0 Å². The molecule has 7 nitrogen and oxygen atoms in total. The van der Waals surface area contributed by atoms with Crippen molar-refractivity contribution in [2.24, 2.45) is 11.8 Å². The molecule has 0 aliphatic heterocycles. The van der Waals surface area contributed by atoms with Crippen LogP contribution in [0.25, 0.3) is 0 Å². The molecule has 1 amide bonds. The fourth-order valence-electron chi connectivity index (χ4n) is 2.63. The summed E-state index contributed by atoms with van der Waals surface area (Å²) in [5.74, 6) is -0.705. The Balaban J connectivity index is 1.90. The summed E-state index contributed by atoms with van der Waals surface area (Å²) in [4.78, 5) is 27.1. The molecule has 0 aromatic carbocycles. The summed E-state index contributed by atoms with van der Waals surface area (Å²) >= 11 is 0. The monoisotopic (exact) mass is 280 g/mol. The molecule has 7 heteroatoms. The van der Waals surface area contributed by atoms with Crippen LogP contribution in [0.15, 0.2) is 0 Å². The van der Waals surface area contributed by atoms with Gasteiger partial charge in [0.15, 0.2) is 0 Å². The zero-order chi connectivity index (χ0) is 14.5. The number of aromatic amines is 1. The highest BCUT2D eigenvalue weighted by molar-refractivity contribution is 5.90. The van der Waals surface area contributed by atoms with Crippen molar-refractivity contribution in [3.63, 3.8) is 0 Å². The molecule has 2 rings (SSSR count). The summed E-state index contributed by atoms with van der Waals surface area (Å²) in [6.07, 6.45) is 4.18. The molecule has 2 unspecified atom stereocenters. The lowest BCUT2D eigenvalue weighted by Gasteiger charge is -2.28. The number of hydrogen-bond donors (Lipinski definition) is 3. The van der Waals surface area contributed by atoms with E-state index in [9.17, 15) is 14.7 Å². The van der Waals surface area contributed by atoms with E-state index in [1.54, 1.807) is 0 Å². The van der Waals surface area contributed by atoms with E-state index in [0.717, 1.165) is 19.3 Å². The molecule has 1 aliphatic carbocycles. The molecule has 1 aromatic heterocycles. The largest absolute Gasteiger partial charge is 0.481 e. The molecule has 1 aliphatic rings. The molecule has 1 heterocycles. The summed E-state index contributed by atoms with van der Waals surface area (Å²) < 4.78 is 0. The minimum atomic E-state index is -0.768. The molecular weight excluding hydrogens is 260 g/mol. The van der Waals surface area contributed by atoms with Crippen LogP contribution in [0.1, 0.15) is 49.1 Å². The smallest absolute Gasteiger partial charge is 0.306 e. The molecule has 1 fully saturated rings. The van der Waals surface area contributed by atoms with Crippen LogP contribution in [-0.4, -0.2) is 38.7 Å². The van der Waals surface area contributed by atoms with Gasteiger partial charge in [0.1, 0.15) is 5.82 Å². The number of amides is 1. The van der Waals surface area contributed by atoms with E-state index in [2.05, 4.69) is 20.5 Å². The van der Waals surface area contributed by atoms with Crippen LogP contribution < -0.4 is 5.32 Å². The van der Waals surface area contributed by atoms with Crippen LogP contribution in [0.5, 0.6) is 0 Å². The second kappa shape index (κ2) is 6.49. The maximum atomic E-state index is 11.9. The van der Waals surface area contributed by atoms with Gasteiger partial charge in [0, 0.05) is 13.0 Å². The van der Waals surface area contributed by atoms with Gasteiger partial charge in [0.2, 0.25) is 5.82 Å². The second-order valence-corrected chi connectivity index (χ2v) is 5.16. The Labute approximate surface area is 117 Å². The summed E-state index contributed by atoms with van der Waals surface area (Å²) in [6.45, 7) is 2.29. The average Bonchev–Trinajstić information content (AvgIpc) is 2.94. The van der Waals surface area contributed by atoms with Crippen molar-refractivity contribution in [1.29, 1.82) is 0 Å². The van der Waals surface area contributed by atoms with Gasteiger partial charge in [-0.05, 0) is 18.8 Å². The SMILES string of the molecule is CCc1nc(C(=O)NCC2CCCCC2C(=O)O)n[nH]1. The van der Waals surface area contributed by atoms with Gasteiger partial charge in [-0.3, -0.25) is 14.7 Å². The number of nitrogens with one attached hydrogen (secondary N) is 2. The van der Waals surface area contributed by atoms with Crippen LogP contribution in [0.3, 0.4) is 0 Å². The molecule has 0 radical (unpaired) electrons. The third kappa shape index (κ3) is 3.34. The highest BCUT2D eigenvalue weighted by Crippen LogP contribution is 2.29. The van der Waals surface area contributed by atoms with Gasteiger partial charge in [-0.15, -0.1) is 5.10 Å². The quantitative estimate of drug-likeness (QED) is 0.745. The number of aromatic nitrogens is 3. The second-order valence-electron chi connectivity index (χ2n) is 5.16. The lowest BCUT2D eigenvalue weighted by Crippen LogP contribution is -2.37. The maximum absolute atomic E-state index is 11.9. The van der Waals surface area contributed by atoms with E-state index in [1.807, 2.05) is 6.92 Å². The molecule has 1 saturated carbocycles. The van der Waals surface area contributed by atoms with Crippen molar-refractivity contribution >= 4 is 11.9 Å². The molecule has 1 aromatic rings. The highest BCUT2D eigenvalue weighted by atomic mass is 16.4. The van der Waals surface area contributed by atoms with Crippen LogP contribution in [0.4, 0.5) is 0 Å². The zero-order valence-corrected chi connectivity index (χ0v) is 11.6. The Bertz CT molecular complexity index is 486. The van der Waals surface area contributed by atoms with Crippen molar-refractivity contribution in [2.75, 3.05) is 6.54 Å². The minimum Gasteiger partial charge on any atom is -0.481 e. The first-order valence-electron chi connectivity index (χ1n) is 7.04. The molecular formula is C13H20N4O3. The van der Waals surface area contributed by atoms with E-state index in [0.29, 0.717) is 25.2 Å². The standard InChI is InChI=1S/C13H20N4O3/c1-2-10-15-11(17-16-10)12(18)14-7-8-5-3-4-6-9(8)13(19)20/h8-9H,2-7H2,1H3,(H,14,18)(H,19,20)(H,15,16,17). The Hall–Kier alpha value is -1.92. The number of carbonyl (C=O) groups excluding carboxylic acids is 1. The van der Waals surface area contributed by atoms with Crippen molar-refractivity contribution in [1.82, 2.24) is 20.5 Å². The third-order valence-corrected chi connectivity index (χ3v) is 3.82. The van der Waals surface area contributed by atoms with Crippen LogP contribution in [0, 0.1) is 11.8 Å². The molecule has 0 saturated heterocycles. The number of nitrogens with zero attached hydrogens (tertiary/aromatic N) is 2. The lowest BCUT2D eigenvalue weighted by molar-refractivity contribution is -0.144. The molecule has 20 heavy (non-hydrogen) atoms. The highest BCUT2D eigenvalue weighted by Gasteiger charge is 2.31. The summed E-state index contributed by atoms with van der Waals surface area (Å²) in [5, 5.41) is 18.5. The van der Waals surface area contributed by atoms with Gasteiger partial charge in [-0.2, -0.15) is 0 Å². The van der Waals surface area contributed by atoms with Gasteiger partial charge in [-0.1, -0.05) is 19.8 Å². The Kier molecular flexibility index (Phi) is 4.70. The molecule has 0 bridgehead atoms. The number of H-pyrrole nitrogens is 1. The van der Waals surface area contributed by atoms with E-state index in [-0.39, 0.29) is 23.6 Å². The van der Waals surface area contributed by atoms with E-state index < -0.39 is 5.97 Å². The van der Waals surface area contributed by atoms with Gasteiger partial charge < -0.3 is 10.4 Å². The first kappa shape index (κ1) is 14.5. The number of aryl methyl sites for hydroxylation is 1. The maximum Gasteiger partial charge on any atom is 0.306 e. The minimum absolute atomic E-state index is 0.00483. The van der Waals surface area contributed by atoms with E-state index >= 15 is 0 Å². The van der Waals surface area contributed by atoms with E-state index in [4.69, 9.17) is 0 Å². The normalized spacial score (nSPS) is 22.4. The number of rotatable bonds is 5. The summed E-state index contributed by atoms with van der Waals surface area (Å²) in [5.41, 5.74) is 0. The molecule has 110 valence electrons. The average molecular weight is 280 g/mol. The lowest BCUT2D eigenvalue weighted by atomic mass is 9.79. The predicted molar refractivity (Wildman–Crippen MR) is 71.2 cm³/mol. The van der Waals surface area contributed by atoms with Gasteiger partial charge in [0.05, 0.1) is 5.92 Å². The Morgan fingerprint density at radius 1 is 1.40 bits per heavy atom. The third-order valence-electron chi connectivity index (χ3n) is 3.82. The number of carboxylic acid groups (broad SMARTS) is 1. The van der Waals surface area contributed by atoms with Crippen molar-refractivity contribution < 1.29 is 14.7 Å². The van der Waals surface area contributed by atoms with Gasteiger partial charge in [0.25, 0.3) is 5.91 Å². The van der Waals surface area contributed by atoms with Crippen molar-refractivity contribution in [3.05, 3.63) is 11.6 Å². The molecule has 3 N–H and O–H groups in total. The topological polar surface area (TPSA) is 108 Å². The predicted octanol–water partition coefficient (Wildman–Crippen LogP) is 0.988. The summed E-state index contributed by atoms with van der Waals surface area (Å²) in [6, 6.07) is 0. The Morgan fingerprint density at radius 3 is 2.80 bits per heavy atom. The van der Waals surface area contributed by atoms with Crippen LogP contribution >= 0.6 is 0 Å². The number of aliphatic carboxylic acids is 1. The van der Waals surface area contributed by atoms with Gasteiger partial charge >= 0.3 is 5.97 Å². The van der Waals surface area contributed by atoms with Crippen molar-refractivity contribution in [3.8, 4) is 0 Å². The molecule has 2 atom stereocenters. The van der Waals surface area contributed by atoms with Crippen LogP contribution in [0.2, 0.25) is 0 Å². The Morgan fingerprint density at radius 2 is 2.15 bits per heavy atom. The fraction of sp³-hybridized carbons (Fsp3) is 0.692. The number of hydrogen-bond acceptors (Lipinski definition) is 4. The first-order valence-corrected chi connectivity index (χ1v) is 7.04. The van der Waals surface area contributed by atoms with E-state index in [1.165, 1.54) is 0 Å². The first-order chi connectivity index (χ1) is 9.61. The summed E-state index contributed by atoms with van der Waals surface area (Å²) in [7, 11) is 0. The van der Waals surface area contributed by atoms with Crippen LogP contribution in [-0.2, 0) is 11.2 Å². The zero-order valence-electron chi connectivity index (χ0n) is 11.6. The van der Waals surface area contributed by atoms with Gasteiger partial charge in [-0.25, -0.2) is 4.98 Å². The fourth-order valence-corrected chi connectivity index (χ4v) is 2.63. The number of carbonyl (C=O) groups is 2. The number of carboxylic acids is 1. The molecule has 0 spiro atoms.